The molecule has 0 aliphatic carbocycles. The number of nitrogens with zero attached hydrogens (tertiary/aromatic N) is 1. The summed E-state index contributed by atoms with van der Waals surface area (Å²) in [4.78, 5) is 13.2. The van der Waals surface area contributed by atoms with Crippen molar-refractivity contribution in [3.63, 3.8) is 0 Å². The summed E-state index contributed by atoms with van der Waals surface area (Å²) in [6.07, 6.45) is 0. The fourth-order valence-corrected chi connectivity index (χ4v) is 5.16. The highest BCUT2D eigenvalue weighted by molar-refractivity contribution is 7.92. The Morgan fingerprint density at radius 1 is 0.811 bits per heavy atom. The smallest absolute Gasteiger partial charge is 0.264 e. The monoisotopic (exact) mass is 514 g/mol. The molecule has 4 aromatic rings. The second-order valence-electron chi connectivity index (χ2n) is 9.06. The molecule has 1 N–H and O–H groups in total. The van der Waals surface area contributed by atoms with E-state index in [1.165, 1.54) is 0 Å². The maximum absolute atomic E-state index is 13.6. The van der Waals surface area contributed by atoms with Gasteiger partial charge in [-0.1, -0.05) is 61.9 Å². The van der Waals surface area contributed by atoms with Gasteiger partial charge in [-0.2, -0.15) is 0 Å². The number of rotatable bonds is 9. The zero-order chi connectivity index (χ0) is 26.4. The lowest BCUT2D eigenvalue weighted by Gasteiger charge is -2.24. The molecule has 0 spiro atoms. The van der Waals surface area contributed by atoms with E-state index in [1.54, 1.807) is 60.7 Å². The van der Waals surface area contributed by atoms with Crippen LogP contribution in [0.2, 0.25) is 0 Å². The lowest BCUT2D eigenvalue weighted by atomic mass is 10.0. The predicted molar refractivity (Wildman–Crippen MR) is 148 cm³/mol. The number of hydrogen-bond acceptors (Lipinski definition) is 4. The second-order valence-corrected chi connectivity index (χ2v) is 10.9. The molecule has 0 aliphatic heterocycles. The molecule has 0 heterocycles. The number of aryl methyl sites for hydroxylation is 1. The molecule has 0 unspecified atom stereocenters. The van der Waals surface area contributed by atoms with Crippen molar-refractivity contribution >= 4 is 27.3 Å². The average molecular weight is 515 g/mol. The van der Waals surface area contributed by atoms with Crippen molar-refractivity contribution in [1.82, 2.24) is 0 Å². The predicted octanol–water partition coefficient (Wildman–Crippen LogP) is 6.74. The highest BCUT2D eigenvalue weighted by atomic mass is 32.2. The van der Waals surface area contributed by atoms with Gasteiger partial charge < -0.3 is 10.1 Å². The van der Waals surface area contributed by atoms with Crippen LogP contribution < -0.4 is 14.4 Å². The van der Waals surface area contributed by atoms with E-state index in [2.05, 4.69) is 19.2 Å². The van der Waals surface area contributed by atoms with Crippen molar-refractivity contribution in [2.24, 2.45) is 0 Å². The number of carbonyl (C=O) groups excluding carboxylic acids is 1. The SMILES string of the molecule is Cc1ccc(S(=O)(=O)N(CC(=O)Nc2ccc(Oc3ccccc3)cc2)c2ccc(C(C)C)cc2)cc1. The normalized spacial score (nSPS) is 11.2. The summed E-state index contributed by atoms with van der Waals surface area (Å²) in [6.45, 7) is 5.65. The molecule has 0 fully saturated rings. The third-order valence-electron chi connectivity index (χ3n) is 5.86. The van der Waals surface area contributed by atoms with E-state index in [-0.39, 0.29) is 11.4 Å². The van der Waals surface area contributed by atoms with Crippen molar-refractivity contribution < 1.29 is 17.9 Å². The summed E-state index contributed by atoms with van der Waals surface area (Å²) in [5, 5.41) is 2.79. The van der Waals surface area contributed by atoms with Gasteiger partial charge in [0.25, 0.3) is 10.0 Å². The molecule has 0 saturated carbocycles. The zero-order valence-electron chi connectivity index (χ0n) is 21.1. The molecule has 0 saturated heterocycles. The number of benzene rings is 4. The first kappa shape index (κ1) is 26.0. The first-order valence-corrected chi connectivity index (χ1v) is 13.5. The van der Waals surface area contributed by atoms with E-state index in [4.69, 9.17) is 4.74 Å². The van der Waals surface area contributed by atoms with Crippen molar-refractivity contribution in [3.8, 4) is 11.5 Å². The topological polar surface area (TPSA) is 75.7 Å². The van der Waals surface area contributed by atoms with Crippen molar-refractivity contribution in [2.75, 3.05) is 16.2 Å². The summed E-state index contributed by atoms with van der Waals surface area (Å²) in [5.41, 5.74) is 2.99. The fraction of sp³-hybridized carbons (Fsp3) is 0.167. The summed E-state index contributed by atoms with van der Waals surface area (Å²) in [5.74, 6) is 1.17. The van der Waals surface area contributed by atoms with Gasteiger partial charge in [0, 0.05) is 5.69 Å². The summed E-state index contributed by atoms with van der Waals surface area (Å²) in [7, 11) is -3.98. The summed E-state index contributed by atoms with van der Waals surface area (Å²) < 4.78 is 34.1. The van der Waals surface area contributed by atoms with Crippen LogP contribution in [0.25, 0.3) is 0 Å². The minimum Gasteiger partial charge on any atom is -0.457 e. The van der Waals surface area contributed by atoms with Crippen LogP contribution in [0.15, 0.2) is 108 Å². The highest BCUT2D eigenvalue weighted by Crippen LogP contribution is 2.27. The Labute approximate surface area is 218 Å². The Hall–Kier alpha value is -4.10. The standard InChI is InChI=1S/C30H30N2O4S/c1-22(2)24-11-15-26(16-12-24)32(37(34,35)29-19-9-23(3)10-20-29)21-30(33)31-25-13-17-28(18-14-25)36-27-7-5-4-6-8-27/h4-20,22H,21H2,1-3H3,(H,31,33). The second kappa shape index (κ2) is 11.3. The molecule has 0 radical (unpaired) electrons. The van der Waals surface area contributed by atoms with Crippen molar-refractivity contribution in [1.29, 1.82) is 0 Å². The number of hydrogen-bond donors (Lipinski definition) is 1. The van der Waals surface area contributed by atoms with Gasteiger partial charge in [0.2, 0.25) is 5.91 Å². The van der Waals surface area contributed by atoms with Gasteiger partial charge in [-0.3, -0.25) is 9.10 Å². The van der Waals surface area contributed by atoms with Crippen molar-refractivity contribution in [2.45, 2.75) is 31.6 Å². The first-order valence-electron chi connectivity index (χ1n) is 12.0. The minimum atomic E-state index is -3.98. The Balaban J connectivity index is 1.54. The molecular formula is C30H30N2O4S. The Kier molecular flexibility index (Phi) is 7.94. The van der Waals surface area contributed by atoms with E-state index in [1.807, 2.05) is 49.4 Å². The van der Waals surface area contributed by atoms with Gasteiger partial charge in [0.1, 0.15) is 18.0 Å². The van der Waals surface area contributed by atoms with Crippen LogP contribution in [-0.2, 0) is 14.8 Å². The van der Waals surface area contributed by atoms with Crippen LogP contribution in [0, 0.1) is 6.92 Å². The van der Waals surface area contributed by atoms with Crippen LogP contribution in [0.5, 0.6) is 11.5 Å². The van der Waals surface area contributed by atoms with Gasteiger partial charge >= 0.3 is 0 Å². The molecule has 0 aliphatic rings. The first-order chi connectivity index (χ1) is 17.7. The molecule has 1 amide bonds. The molecule has 0 bridgehead atoms. The Morgan fingerprint density at radius 2 is 1.41 bits per heavy atom. The molecule has 0 atom stereocenters. The molecule has 7 heteroatoms. The van der Waals surface area contributed by atoms with Gasteiger partial charge in [-0.25, -0.2) is 8.42 Å². The van der Waals surface area contributed by atoms with Gasteiger partial charge in [0.05, 0.1) is 10.6 Å². The van der Waals surface area contributed by atoms with E-state index in [0.717, 1.165) is 15.4 Å². The van der Waals surface area contributed by atoms with Gasteiger partial charge in [-0.15, -0.1) is 0 Å². The van der Waals surface area contributed by atoms with Crippen LogP contribution in [0.4, 0.5) is 11.4 Å². The molecule has 4 rings (SSSR count). The number of sulfonamides is 1. The third-order valence-corrected chi connectivity index (χ3v) is 7.65. The molecule has 190 valence electrons. The highest BCUT2D eigenvalue weighted by Gasteiger charge is 2.27. The molecule has 6 nitrogen and oxygen atoms in total. The average Bonchev–Trinajstić information content (AvgIpc) is 2.89. The lowest BCUT2D eigenvalue weighted by molar-refractivity contribution is -0.114. The molecule has 4 aromatic carbocycles. The quantitative estimate of drug-likeness (QED) is 0.268. The maximum atomic E-state index is 13.6. The minimum absolute atomic E-state index is 0.126. The van der Waals surface area contributed by atoms with Crippen molar-refractivity contribution in [3.05, 3.63) is 114 Å². The number of amides is 1. The lowest BCUT2D eigenvalue weighted by Crippen LogP contribution is -2.38. The number of para-hydroxylation sites is 1. The zero-order valence-corrected chi connectivity index (χ0v) is 21.9. The number of ether oxygens (including phenoxy) is 1. The number of carbonyl (C=O) groups is 1. The van der Waals surface area contributed by atoms with E-state index in [0.29, 0.717) is 28.8 Å². The van der Waals surface area contributed by atoms with Crippen LogP contribution in [0.1, 0.15) is 30.9 Å². The van der Waals surface area contributed by atoms with Crippen LogP contribution in [-0.4, -0.2) is 20.9 Å². The Bertz CT molecular complexity index is 1430. The fourth-order valence-electron chi connectivity index (χ4n) is 3.74. The van der Waals surface area contributed by atoms with Crippen LogP contribution in [0.3, 0.4) is 0 Å². The Morgan fingerprint density at radius 3 is 2.00 bits per heavy atom. The largest absolute Gasteiger partial charge is 0.457 e. The van der Waals surface area contributed by atoms with Gasteiger partial charge in [0.15, 0.2) is 0 Å². The molecular weight excluding hydrogens is 484 g/mol. The summed E-state index contributed by atoms with van der Waals surface area (Å²) >= 11 is 0. The molecule has 37 heavy (non-hydrogen) atoms. The van der Waals surface area contributed by atoms with Gasteiger partial charge in [-0.05, 0) is 79.1 Å². The van der Waals surface area contributed by atoms with E-state index >= 15 is 0 Å². The van der Waals surface area contributed by atoms with E-state index < -0.39 is 15.9 Å². The maximum Gasteiger partial charge on any atom is 0.264 e. The molecule has 0 aromatic heterocycles. The number of nitrogens with one attached hydrogen (secondary N) is 1. The number of anilines is 2. The summed E-state index contributed by atoms with van der Waals surface area (Å²) in [6, 6.07) is 30.2. The van der Waals surface area contributed by atoms with Crippen LogP contribution >= 0.6 is 0 Å². The third kappa shape index (κ3) is 6.57. The van der Waals surface area contributed by atoms with E-state index in [9.17, 15) is 13.2 Å².